The van der Waals surface area contributed by atoms with E-state index in [4.69, 9.17) is 4.74 Å². The monoisotopic (exact) mass is 296 g/mol. The number of benzene rings is 1. The number of methoxy groups -OCH3 is 1. The topological polar surface area (TPSA) is 64.3 Å². The van der Waals surface area contributed by atoms with E-state index in [0.717, 1.165) is 22.3 Å². The van der Waals surface area contributed by atoms with Crippen molar-refractivity contribution in [2.75, 3.05) is 7.11 Å². The van der Waals surface area contributed by atoms with Crippen LogP contribution in [0.25, 0.3) is 10.9 Å². The van der Waals surface area contributed by atoms with Crippen LogP contribution in [0, 0.1) is 6.92 Å². The summed E-state index contributed by atoms with van der Waals surface area (Å²) in [7, 11) is 1.59. The number of ether oxygens (including phenoxy) is 1. The summed E-state index contributed by atoms with van der Waals surface area (Å²) in [6, 6.07) is 12.9. The molecule has 0 radical (unpaired) electrons. The van der Waals surface area contributed by atoms with E-state index in [1.165, 1.54) is 0 Å². The highest BCUT2D eigenvalue weighted by molar-refractivity contribution is 5.95. The summed E-state index contributed by atoms with van der Waals surface area (Å²) in [5.41, 5.74) is 2.83. The first kappa shape index (κ1) is 14.1. The van der Waals surface area contributed by atoms with E-state index in [-0.39, 0.29) is 5.69 Å². The number of rotatable bonds is 4. The number of aromatic nitrogens is 2. The van der Waals surface area contributed by atoms with Gasteiger partial charge in [-0.25, -0.2) is 4.79 Å². The van der Waals surface area contributed by atoms with Crippen molar-refractivity contribution < 1.29 is 14.6 Å². The second-order valence-corrected chi connectivity index (χ2v) is 5.12. The Labute approximate surface area is 127 Å². The first-order chi connectivity index (χ1) is 10.6. The SMILES string of the molecule is COc1ccc2c(c1)cc(C(=O)O)n2Cc1cccc(C)n1. The number of hydrogen-bond acceptors (Lipinski definition) is 3. The van der Waals surface area contributed by atoms with Gasteiger partial charge in [-0.1, -0.05) is 6.07 Å². The Hall–Kier alpha value is -2.82. The molecule has 1 N–H and O–H groups in total. The maximum atomic E-state index is 11.5. The van der Waals surface area contributed by atoms with E-state index >= 15 is 0 Å². The van der Waals surface area contributed by atoms with Crippen LogP contribution < -0.4 is 4.74 Å². The van der Waals surface area contributed by atoms with Gasteiger partial charge >= 0.3 is 5.97 Å². The smallest absolute Gasteiger partial charge is 0.352 e. The fraction of sp³-hybridized carbons (Fsp3) is 0.176. The van der Waals surface area contributed by atoms with Crippen LogP contribution in [0.4, 0.5) is 0 Å². The highest BCUT2D eigenvalue weighted by atomic mass is 16.5. The second-order valence-electron chi connectivity index (χ2n) is 5.12. The normalized spacial score (nSPS) is 10.8. The van der Waals surface area contributed by atoms with Crippen LogP contribution in [0.5, 0.6) is 5.75 Å². The van der Waals surface area contributed by atoms with E-state index in [1.807, 2.05) is 43.3 Å². The van der Waals surface area contributed by atoms with Crippen LogP contribution >= 0.6 is 0 Å². The predicted octanol–water partition coefficient (Wildman–Crippen LogP) is 3.10. The number of carboxylic acid groups (broad SMARTS) is 1. The number of pyridine rings is 1. The van der Waals surface area contributed by atoms with Crippen LogP contribution in [-0.4, -0.2) is 27.7 Å². The zero-order valence-corrected chi connectivity index (χ0v) is 12.4. The van der Waals surface area contributed by atoms with E-state index < -0.39 is 5.97 Å². The Kier molecular flexibility index (Phi) is 3.55. The molecule has 0 saturated heterocycles. The molecule has 3 aromatic rings. The molecule has 0 unspecified atom stereocenters. The molecule has 2 heterocycles. The third kappa shape index (κ3) is 2.53. The highest BCUT2D eigenvalue weighted by Crippen LogP contribution is 2.25. The number of carboxylic acids is 1. The van der Waals surface area contributed by atoms with E-state index in [2.05, 4.69) is 4.98 Å². The molecular formula is C17H16N2O3. The van der Waals surface area contributed by atoms with Gasteiger partial charge in [0.2, 0.25) is 0 Å². The number of carbonyl (C=O) groups is 1. The third-order valence-electron chi connectivity index (χ3n) is 3.59. The summed E-state index contributed by atoms with van der Waals surface area (Å²) in [6.45, 7) is 2.33. The Morgan fingerprint density at radius 3 is 2.77 bits per heavy atom. The Bertz CT molecular complexity index is 852. The Balaban J connectivity index is 2.13. The maximum Gasteiger partial charge on any atom is 0.352 e. The van der Waals surface area contributed by atoms with Gasteiger partial charge in [0, 0.05) is 16.6 Å². The van der Waals surface area contributed by atoms with Crippen LogP contribution in [0.1, 0.15) is 21.9 Å². The fourth-order valence-electron chi connectivity index (χ4n) is 2.57. The number of hydrogen-bond donors (Lipinski definition) is 1. The van der Waals surface area contributed by atoms with Crippen LogP contribution in [0.2, 0.25) is 0 Å². The first-order valence-electron chi connectivity index (χ1n) is 6.91. The summed E-state index contributed by atoms with van der Waals surface area (Å²) in [5, 5.41) is 10.3. The number of aromatic carboxylic acids is 1. The van der Waals surface area contributed by atoms with Crippen molar-refractivity contribution in [3.05, 3.63) is 59.5 Å². The molecule has 22 heavy (non-hydrogen) atoms. The second kappa shape index (κ2) is 5.52. The third-order valence-corrected chi connectivity index (χ3v) is 3.59. The van der Waals surface area contributed by atoms with Crippen LogP contribution in [0.3, 0.4) is 0 Å². The minimum Gasteiger partial charge on any atom is -0.497 e. The summed E-state index contributed by atoms with van der Waals surface area (Å²) in [4.78, 5) is 16.0. The summed E-state index contributed by atoms with van der Waals surface area (Å²) in [6.07, 6.45) is 0. The molecule has 2 aromatic heterocycles. The van der Waals surface area contributed by atoms with Gasteiger partial charge in [-0.05, 0) is 43.3 Å². The molecule has 5 heteroatoms. The Morgan fingerprint density at radius 2 is 2.09 bits per heavy atom. The van der Waals surface area contributed by atoms with E-state index in [0.29, 0.717) is 12.3 Å². The summed E-state index contributed by atoms with van der Waals surface area (Å²) in [5.74, 6) is -0.252. The molecule has 1 aromatic carbocycles. The van der Waals surface area contributed by atoms with Gasteiger partial charge in [-0.15, -0.1) is 0 Å². The molecular weight excluding hydrogens is 280 g/mol. The largest absolute Gasteiger partial charge is 0.497 e. The predicted molar refractivity (Wildman–Crippen MR) is 83.5 cm³/mol. The molecule has 112 valence electrons. The van der Waals surface area contributed by atoms with Crippen molar-refractivity contribution in [2.24, 2.45) is 0 Å². The lowest BCUT2D eigenvalue weighted by Crippen LogP contribution is -2.10. The minimum atomic E-state index is -0.956. The molecule has 0 aliphatic carbocycles. The van der Waals surface area contributed by atoms with Crippen LogP contribution in [-0.2, 0) is 6.54 Å². The lowest BCUT2D eigenvalue weighted by atomic mass is 10.2. The van der Waals surface area contributed by atoms with Gasteiger partial charge in [-0.3, -0.25) is 4.98 Å². The van der Waals surface area contributed by atoms with Gasteiger partial charge in [0.15, 0.2) is 0 Å². The molecule has 5 nitrogen and oxygen atoms in total. The molecule has 0 aliphatic rings. The van der Waals surface area contributed by atoms with Crippen molar-refractivity contribution in [1.29, 1.82) is 0 Å². The average molecular weight is 296 g/mol. The Morgan fingerprint density at radius 1 is 1.27 bits per heavy atom. The number of nitrogens with zero attached hydrogens (tertiary/aromatic N) is 2. The molecule has 0 spiro atoms. The fourth-order valence-corrected chi connectivity index (χ4v) is 2.57. The maximum absolute atomic E-state index is 11.5. The van der Waals surface area contributed by atoms with Gasteiger partial charge < -0.3 is 14.4 Å². The van der Waals surface area contributed by atoms with Crippen molar-refractivity contribution in [2.45, 2.75) is 13.5 Å². The van der Waals surface area contributed by atoms with Crippen molar-refractivity contribution >= 4 is 16.9 Å². The summed E-state index contributed by atoms with van der Waals surface area (Å²) >= 11 is 0. The lowest BCUT2D eigenvalue weighted by Gasteiger charge is -2.09. The van der Waals surface area contributed by atoms with E-state index in [9.17, 15) is 9.90 Å². The molecule has 3 rings (SSSR count). The van der Waals surface area contributed by atoms with Crippen molar-refractivity contribution in [3.8, 4) is 5.75 Å². The highest BCUT2D eigenvalue weighted by Gasteiger charge is 2.15. The van der Waals surface area contributed by atoms with Gasteiger partial charge in [0.25, 0.3) is 0 Å². The van der Waals surface area contributed by atoms with Crippen molar-refractivity contribution in [1.82, 2.24) is 9.55 Å². The molecule has 0 aliphatic heterocycles. The standard InChI is InChI=1S/C17H16N2O3/c1-11-4-3-5-13(18-11)10-19-15-7-6-14(22-2)8-12(15)9-16(19)17(20)21/h3-9H,10H2,1-2H3,(H,20,21). The van der Waals surface area contributed by atoms with E-state index in [1.54, 1.807) is 17.7 Å². The van der Waals surface area contributed by atoms with Gasteiger partial charge in [0.1, 0.15) is 11.4 Å². The molecule has 0 fully saturated rings. The molecule has 0 saturated carbocycles. The average Bonchev–Trinajstić information content (AvgIpc) is 2.85. The quantitative estimate of drug-likeness (QED) is 0.803. The number of fused-ring (bicyclic) bond motifs is 1. The molecule has 0 atom stereocenters. The minimum absolute atomic E-state index is 0.242. The molecule has 0 bridgehead atoms. The van der Waals surface area contributed by atoms with Gasteiger partial charge in [0.05, 0.1) is 19.3 Å². The number of aryl methyl sites for hydroxylation is 1. The van der Waals surface area contributed by atoms with Gasteiger partial charge in [-0.2, -0.15) is 0 Å². The summed E-state index contributed by atoms with van der Waals surface area (Å²) < 4.78 is 6.96. The lowest BCUT2D eigenvalue weighted by molar-refractivity contribution is 0.0686. The van der Waals surface area contributed by atoms with Crippen LogP contribution in [0.15, 0.2) is 42.5 Å². The zero-order valence-electron chi connectivity index (χ0n) is 12.4. The van der Waals surface area contributed by atoms with Crippen molar-refractivity contribution in [3.63, 3.8) is 0 Å². The molecule has 0 amide bonds. The zero-order chi connectivity index (χ0) is 15.7. The first-order valence-corrected chi connectivity index (χ1v) is 6.91.